The number of carbonyl (C=O) groups is 1. The lowest BCUT2D eigenvalue weighted by Crippen LogP contribution is -2.37. The van der Waals surface area contributed by atoms with Gasteiger partial charge in [0.2, 0.25) is 0 Å². The third-order valence-electron chi connectivity index (χ3n) is 5.47. The van der Waals surface area contributed by atoms with E-state index in [1.807, 2.05) is 24.4 Å². The monoisotopic (exact) mass is 448 g/mol. The SMILES string of the molecule is Cc1ccc(-n2ncc(C(=O)NCC(c3cccs3)N3CCCC3)c2C(F)(F)F)cc1. The van der Waals surface area contributed by atoms with Crippen molar-refractivity contribution >= 4 is 17.2 Å². The molecule has 5 nitrogen and oxygen atoms in total. The number of hydrogen-bond donors (Lipinski definition) is 1. The van der Waals surface area contributed by atoms with Gasteiger partial charge in [-0.3, -0.25) is 9.69 Å². The Balaban J connectivity index is 1.58. The number of nitrogens with one attached hydrogen (secondary N) is 1. The molecule has 0 aliphatic carbocycles. The molecule has 0 radical (unpaired) electrons. The van der Waals surface area contributed by atoms with Crippen LogP contribution in [0.3, 0.4) is 0 Å². The second-order valence-electron chi connectivity index (χ2n) is 7.64. The average molecular weight is 449 g/mol. The smallest absolute Gasteiger partial charge is 0.350 e. The first-order valence-corrected chi connectivity index (χ1v) is 11.0. The molecule has 9 heteroatoms. The molecule has 1 N–H and O–H groups in total. The molecular weight excluding hydrogens is 425 g/mol. The maximum atomic E-state index is 13.9. The number of thiophene rings is 1. The summed E-state index contributed by atoms with van der Waals surface area (Å²) in [6.45, 7) is 3.92. The van der Waals surface area contributed by atoms with E-state index in [4.69, 9.17) is 0 Å². The standard InChI is InChI=1S/C22H23F3N4OS/c1-15-6-8-16(9-7-15)29-20(22(23,24)25)17(13-27-29)21(30)26-14-18(19-5-4-12-31-19)28-10-2-3-11-28/h4-9,12-13,18H,2-3,10-11,14H2,1H3,(H,26,30). The Bertz CT molecular complexity index is 1020. The van der Waals surface area contributed by atoms with E-state index < -0.39 is 23.3 Å². The number of benzene rings is 1. The third-order valence-corrected chi connectivity index (χ3v) is 6.44. The zero-order valence-corrected chi connectivity index (χ0v) is 17.8. The van der Waals surface area contributed by atoms with Gasteiger partial charge in [0.15, 0.2) is 5.69 Å². The molecule has 0 bridgehead atoms. The van der Waals surface area contributed by atoms with Crippen molar-refractivity contribution in [1.82, 2.24) is 20.0 Å². The van der Waals surface area contributed by atoms with Gasteiger partial charge >= 0.3 is 6.18 Å². The lowest BCUT2D eigenvalue weighted by Gasteiger charge is -2.27. The predicted molar refractivity (Wildman–Crippen MR) is 114 cm³/mol. The van der Waals surface area contributed by atoms with Crippen LogP contribution >= 0.6 is 11.3 Å². The largest absolute Gasteiger partial charge is 0.434 e. The highest BCUT2D eigenvalue weighted by Gasteiger charge is 2.40. The summed E-state index contributed by atoms with van der Waals surface area (Å²) in [6.07, 6.45) is -1.57. The van der Waals surface area contributed by atoms with Crippen LogP contribution in [0.25, 0.3) is 5.69 Å². The fourth-order valence-corrected chi connectivity index (χ4v) is 4.76. The summed E-state index contributed by atoms with van der Waals surface area (Å²) in [7, 11) is 0. The first-order chi connectivity index (χ1) is 14.8. The second-order valence-corrected chi connectivity index (χ2v) is 8.62. The number of alkyl halides is 3. The van der Waals surface area contributed by atoms with Gasteiger partial charge in [0.25, 0.3) is 5.91 Å². The number of rotatable bonds is 6. The minimum absolute atomic E-state index is 0.0482. The quantitative estimate of drug-likeness (QED) is 0.588. The van der Waals surface area contributed by atoms with Crippen LogP contribution in [0.4, 0.5) is 13.2 Å². The summed E-state index contributed by atoms with van der Waals surface area (Å²) in [5.74, 6) is -0.772. The number of amides is 1. The first kappa shape index (κ1) is 21.6. The van der Waals surface area contributed by atoms with Gasteiger partial charge in [0, 0.05) is 11.4 Å². The first-order valence-electron chi connectivity index (χ1n) is 10.1. The molecular formula is C22H23F3N4OS. The van der Waals surface area contributed by atoms with Crippen LogP contribution in [-0.4, -0.2) is 40.2 Å². The van der Waals surface area contributed by atoms with Crippen molar-refractivity contribution in [2.45, 2.75) is 32.0 Å². The van der Waals surface area contributed by atoms with E-state index >= 15 is 0 Å². The van der Waals surface area contributed by atoms with Crippen molar-refractivity contribution in [3.05, 3.63) is 69.7 Å². The normalized spacial score (nSPS) is 15.9. The van der Waals surface area contributed by atoms with Crippen LogP contribution in [0.2, 0.25) is 0 Å². The van der Waals surface area contributed by atoms with E-state index in [1.54, 1.807) is 35.6 Å². The number of aryl methyl sites for hydroxylation is 1. The molecule has 1 atom stereocenters. The van der Waals surface area contributed by atoms with Crippen molar-refractivity contribution in [2.24, 2.45) is 0 Å². The number of halogens is 3. The summed E-state index contributed by atoms with van der Waals surface area (Å²) >= 11 is 1.59. The van der Waals surface area contributed by atoms with E-state index in [9.17, 15) is 18.0 Å². The Morgan fingerprint density at radius 1 is 1.19 bits per heavy atom. The van der Waals surface area contributed by atoms with Crippen molar-refractivity contribution in [3.63, 3.8) is 0 Å². The zero-order valence-electron chi connectivity index (χ0n) is 17.0. The fraction of sp³-hybridized carbons (Fsp3) is 0.364. The van der Waals surface area contributed by atoms with Gasteiger partial charge in [-0.1, -0.05) is 23.8 Å². The average Bonchev–Trinajstić information content (AvgIpc) is 3.49. The number of carbonyl (C=O) groups excluding carboxylic acids is 1. The minimum Gasteiger partial charge on any atom is -0.350 e. The Morgan fingerprint density at radius 3 is 2.52 bits per heavy atom. The van der Waals surface area contributed by atoms with Crippen molar-refractivity contribution in [3.8, 4) is 5.69 Å². The van der Waals surface area contributed by atoms with Crippen molar-refractivity contribution in [2.75, 3.05) is 19.6 Å². The van der Waals surface area contributed by atoms with Gasteiger partial charge in [-0.25, -0.2) is 4.68 Å². The molecule has 2 aromatic heterocycles. The van der Waals surface area contributed by atoms with Crippen LogP contribution < -0.4 is 5.32 Å². The van der Waals surface area contributed by atoms with Gasteiger partial charge in [-0.15, -0.1) is 11.3 Å². The van der Waals surface area contributed by atoms with Crippen LogP contribution in [0.15, 0.2) is 48.0 Å². The minimum atomic E-state index is -4.73. The van der Waals surface area contributed by atoms with E-state index in [1.165, 1.54) is 0 Å². The summed E-state index contributed by atoms with van der Waals surface area (Å²) in [4.78, 5) is 16.2. The van der Waals surface area contributed by atoms with Gasteiger partial charge in [-0.05, 0) is 56.4 Å². The lowest BCUT2D eigenvalue weighted by molar-refractivity contribution is -0.143. The van der Waals surface area contributed by atoms with E-state index in [0.29, 0.717) is 0 Å². The number of likely N-dealkylation sites (tertiary alicyclic amines) is 1. The Hall–Kier alpha value is -2.65. The molecule has 1 aromatic carbocycles. The Morgan fingerprint density at radius 2 is 1.90 bits per heavy atom. The third kappa shape index (κ3) is 4.67. The molecule has 1 unspecified atom stereocenters. The molecule has 1 amide bonds. The maximum Gasteiger partial charge on any atom is 0.434 e. The predicted octanol–water partition coefficient (Wildman–Crippen LogP) is 4.83. The van der Waals surface area contributed by atoms with Crippen LogP contribution in [0.5, 0.6) is 0 Å². The molecule has 1 saturated heterocycles. The van der Waals surface area contributed by atoms with Crippen LogP contribution in [0.1, 0.15) is 45.4 Å². The summed E-state index contributed by atoms with van der Waals surface area (Å²) in [5, 5.41) is 8.57. The molecule has 1 fully saturated rings. The van der Waals surface area contributed by atoms with E-state index in [0.717, 1.165) is 47.3 Å². The highest BCUT2D eigenvalue weighted by Crippen LogP contribution is 2.34. The van der Waals surface area contributed by atoms with Gasteiger partial charge in [0.1, 0.15) is 0 Å². The second kappa shape index (κ2) is 8.84. The van der Waals surface area contributed by atoms with Gasteiger partial charge in [0.05, 0.1) is 23.5 Å². The molecule has 0 spiro atoms. The van der Waals surface area contributed by atoms with E-state index in [-0.39, 0.29) is 18.3 Å². The fourth-order valence-electron chi connectivity index (χ4n) is 3.90. The summed E-state index contributed by atoms with van der Waals surface area (Å²) < 4.78 is 42.4. The van der Waals surface area contributed by atoms with Crippen molar-refractivity contribution < 1.29 is 18.0 Å². The van der Waals surface area contributed by atoms with Crippen LogP contribution in [-0.2, 0) is 6.18 Å². The van der Waals surface area contributed by atoms with Crippen LogP contribution in [0, 0.1) is 6.92 Å². The topological polar surface area (TPSA) is 50.2 Å². The molecule has 1 aliphatic heterocycles. The highest BCUT2D eigenvalue weighted by molar-refractivity contribution is 7.10. The molecule has 0 saturated carbocycles. The molecule has 3 aromatic rings. The molecule has 1 aliphatic rings. The molecule has 31 heavy (non-hydrogen) atoms. The number of aromatic nitrogens is 2. The number of hydrogen-bond acceptors (Lipinski definition) is 4. The molecule has 4 rings (SSSR count). The summed E-state index contributed by atoms with van der Waals surface area (Å²) in [5.41, 5.74) is -0.364. The molecule has 3 heterocycles. The van der Waals surface area contributed by atoms with Gasteiger partial charge in [-0.2, -0.15) is 18.3 Å². The Kier molecular flexibility index (Phi) is 6.15. The van der Waals surface area contributed by atoms with Gasteiger partial charge < -0.3 is 5.32 Å². The highest BCUT2D eigenvalue weighted by atomic mass is 32.1. The van der Waals surface area contributed by atoms with Crippen molar-refractivity contribution in [1.29, 1.82) is 0 Å². The maximum absolute atomic E-state index is 13.9. The lowest BCUT2D eigenvalue weighted by atomic mass is 10.1. The zero-order chi connectivity index (χ0) is 22.0. The summed E-state index contributed by atoms with van der Waals surface area (Å²) in [6, 6.07) is 10.4. The number of nitrogens with zero attached hydrogens (tertiary/aromatic N) is 3. The van der Waals surface area contributed by atoms with E-state index in [2.05, 4.69) is 15.3 Å². The molecule has 164 valence electrons. The Labute approximate surface area is 182 Å².